The number of rotatable bonds is 6. The molecule has 0 bridgehead atoms. The molecule has 2 aromatic carbocycles. The number of hydrogen-bond donors (Lipinski definition) is 0. The number of halogens is 2. The first-order chi connectivity index (χ1) is 11.1. The van der Waals surface area contributed by atoms with E-state index in [-0.39, 0.29) is 6.79 Å². The van der Waals surface area contributed by atoms with Crippen LogP contribution >= 0.6 is 23.2 Å². The average Bonchev–Trinajstić information content (AvgIpc) is 2.55. The van der Waals surface area contributed by atoms with Gasteiger partial charge < -0.3 is 9.68 Å². The fourth-order valence-electron chi connectivity index (χ4n) is 1.76. The molecule has 0 N–H and O–H groups in total. The Kier molecular flexibility index (Phi) is 6.44. The van der Waals surface area contributed by atoms with Gasteiger partial charge in [-0.1, -0.05) is 57.8 Å². The maximum Gasteiger partial charge on any atom is 0.280 e. The second kappa shape index (κ2) is 8.56. The van der Waals surface area contributed by atoms with Gasteiger partial charge in [0.25, 0.3) is 6.79 Å². The molecule has 120 valence electrons. The van der Waals surface area contributed by atoms with Crippen molar-refractivity contribution in [2.75, 3.05) is 6.79 Å². The molecule has 0 saturated heterocycles. The molecular weight excluding hydrogens is 335 g/mol. The number of nitrogens with zero attached hydrogens (tertiary/aromatic N) is 2. The van der Waals surface area contributed by atoms with Gasteiger partial charge in [0.2, 0.25) is 0 Å². The SMILES string of the molecule is C/C(=N\OCO/N=C(\C)c1ccc(Cl)cc1)c1ccc(Cl)cc1. The lowest BCUT2D eigenvalue weighted by atomic mass is 10.1. The molecule has 0 fully saturated rings. The van der Waals surface area contributed by atoms with Crippen LogP contribution in [0.2, 0.25) is 10.0 Å². The lowest BCUT2D eigenvalue weighted by Gasteiger charge is -2.03. The number of benzene rings is 2. The molecule has 0 amide bonds. The van der Waals surface area contributed by atoms with Crippen LogP contribution in [0.5, 0.6) is 0 Å². The Morgan fingerprint density at radius 3 is 1.43 bits per heavy atom. The topological polar surface area (TPSA) is 43.2 Å². The zero-order valence-corrected chi connectivity index (χ0v) is 14.3. The van der Waals surface area contributed by atoms with E-state index in [9.17, 15) is 0 Å². The van der Waals surface area contributed by atoms with Crippen molar-refractivity contribution in [3.05, 3.63) is 69.7 Å². The van der Waals surface area contributed by atoms with Crippen LogP contribution in [0.1, 0.15) is 25.0 Å². The van der Waals surface area contributed by atoms with Crippen molar-refractivity contribution >= 4 is 34.6 Å². The third-order valence-corrected chi connectivity index (χ3v) is 3.54. The zero-order chi connectivity index (χ0) is 16.7. The summed E-state index contributed by atoms with van der Waals surface area (Å²) >= 11 is 11.7. The highest BCUT2D eigenvalue weighted by Crippen LogP contribution is 2.11. The monoisotopic (exact) mass is 350 g/mol. The molecule has 2 aromatic rings. The Hall–Kier alpha value is -2.04. The maximum atomic E-state index is 5.84. The lowest BCUT2D eigenvalue weighted by molar-refractivity contribution is -0.0505. The first-order valence-electron chi connectivity index (χ1n) is 6.91. The molecule has 0 saturated carbocycles. The molecule has 23 heavy (non-hydrogen) atoms. The summed E-state index contributed by atoms with van der Waals surface area (Å²) in [5, 5.41) is 9.29. The van der Waals surface area contributed by atoms with E-state index in [0.717, 1.165) is 22.6 Å². The molecule has 0 atom stereocenters. The second-order valence-electron chi connectivity index (χ2n) is 4.74. The Labute approximate surface area is 145 Å². The van der Waals surface area contributed by atoms with Crippen molar-refractivity contribution in [2.45, 2.75) is 13.8 Å². The molecule has 0 radical (unpaired) electrons. The quantitative estimate of drug-likeness (QED) is 0.313. The standard InChI is InChI=1S/C17H16Cl2N2O2/c1-12(14-3-7-16(18)8-4-14)20-22-11-23-21-13(2)15-5-9-17(19)10-6-15/h3-10H,11H2,1-2H3/b20-12+,21-13+. The molecule has 6 heteroatoms. The molecule has 0 aliphatic heterocycles. The minimum atomic E-state index is -0.0736. The van der Waals surface area contributed by atoms with Gasteiger partial charge in [0, 0.05) is 10.0 Å². The Balaban J connectivity index is 1.82. The van der Waals surface area contributed by atoms with Crippen molar-refractivity contribution in [1.29, 1.82) is 0 Å². The fourth-order valence-corrected chi connectivity index (χ4v) is 2.01. The van der Waals surface area contributed by atoms with Gasteiger partial charge in [0.1, 0.15) is 0 Å². The van der Waals surface area contributed by atoms with Gasteiger partial charge in [-0.05, 0) is 49.2 Å². The summed E-state index contributed by atoms with van der Waals surface area (Å²) < 4.78 is 0. The van der Waals surface area contributed by atoms with Crippen LogP contribution in [0, 0.1) is 0 Å². The van der Waals surface area contributed by atoms with E-state index >= 15 is 0 Å². The van der Waals surface area contributed by atoms with E-state index in [1.54, 1.807) is 24.3 Å². The molecule has 0 spiro atoms. The summed E-state index contributed by atoms with van der Waals surface area (Å²) in [4.78, 5) is 10.2. The molecule has 0 heterocycles. The summed E-state index contributed by atoms with van der Waals surface area (Å²) in [6, 6.07) is 14.7. The van der Waals surface area contributed by atoms with E-state index in [4.69, 9.17) is 32.9 Å². The third kappa shape index (κ3) is 5.58. The zero-order valence-electron chi connectivity index (χ0n) is 12.8. The van der Waals surface area contributed by atoms with E-state index in [1.165, 1.54) is 0 Å². The molecule has 0 aromatic heterocycles. The van der Waals surface area contributed by atoms with Crippen LogP contribution < -0.4 is 0 Å². The van der Waals surface area contributed by atoms with Crippen LogP contribution in [0.4, 0.5) is 0 Å². The van der Waals surface area contributed by atoms with Crippen LogP contribution in [0.25, 0.3) is 0 Å². The largest absolute Gasteiger partial charge is 0.352 e. The summed E-state index contributed by atoms with van der Waals surface area (Å²) in [6.07, 6.45) is 0. The van der Waals surface area contributed by atoms with Crippen LogP contribution in [0.3, 0.4) is 0 Å². The summed E-state index contributed by atoms with van der Waals surface area (Å²) in [5.74, 6) is 0. The van der Waals surface area contributed by atoms with Gasteiger partial charge in [-0.15, -0.1) is 0 Å². The lowest BCUT2D eigenvalue weighted by Crippen LogP contribution is -2.00. The molecular formula is C17H16Cl2N2O2. The first-order valence-corrected chi connectivity index (χ1v) is 7.67. The van der Waals surface area contributed by atoms with Crippen LogP contribution in [-0.2, 0) is 9.68 Å². The minimum Gasteiger partial charge on any atom is -0.352 e. The maximum absolute atomic E-state index is 5.84. The minimum absolute atomic E-state index is 0.0736. The molecule has 0 aliphatic rings. The van der Waals surface area contributed by atoms with Crippen LogP contribution in [0.15, 0.2) is 58.8 Å². The summed E-state index contributed by atoms with van der Waals surface area (Å²) in [7, 11) is 0. The first kappa shape index (κ1) is 17.3. The second-order valence-corrected chi connectivity index (χ2v) is 5.62. The van der Waals surface area contributed by atoms with Crippen molar-refractivity contribution in [3.8, 4) is 0 Å². The van der Waals surface area contributed by atoms with E-state index < -0.39 is 0 Å². The van der Waals surface area contributed by atoms with Gasteiger partial charge in [-0.3, -0.25) is 0 Å². The summed E-state index contributed by atoms with van der Waals surface area (Å²) in [5.41, 5.74) is 3.30. The van der Waals surface area contributed by atoms with E-state index in [2.05, 4.69) is 10.3 Å². The molecule has 4 nitrogen and oxygen atoms in total. The Morgan fingerprint density at radius 1 is 0.739 bits per heavy atom. The number of oxime groups is 2. The third-order valence-electron chi connectivity index (χ3n) is 3.03. The predicted octanol–water partition coefficient (Wildman–Crippen LogP) is 5.13. The van der Waals surface area contributed by atoms with Gasteiger partial charge >= 0.3 is 0 Å². The molecule has 0 unspecified atom stereocenters. The van der Waals surface area contributed by atoms with Crippen molar-refractivity contribution < 1.29 is 9.68 Å². The highest BCUT2D eigenvalue weighted by atomic mass is 35.5. The van der Waals surface area contributed by atoms with Crippen molar-refractivity contribution in [3.63, 3.8) is 0 Å². The van der Waals surface area contributed by atoms with Gasteiger partial charge in [-0.2, -0.15) is 0 Å². The van der Waals surface area contributed by atoms with Crippen LogP contribution in [-0.4, -0.2) is 18.2 Å². The smallest absolute Gasteiger partial charge is 0.280 e. The van der Waals surface area contributed by atoms with Crippen molar-refractivity contribution in [2.24, 2.45) is 10.3 Å². The average molecular weight is 351 g/mol. The summed E-state index contributed by atoms with van der Waals surface area (Å²) in [6.45, 7) is 3.60. The molecule has 2 rings (SSSR count). The van der Waals surface area contributed by atoms with Gasteiger partial charge in [0.05, 0.1) is 11.4 Å². The molecule has 0 aliphatic carbocycles. The highest BCUT2D eigenvalue weighted by molar-refractivity contribution is 6.31. The fraction of sp³-hybridized carbons (Fsp3) is 0.176. The normalized spacial score (nSPS) is 12.2. The number of hydrogen-bond acceptors (Lipinski definition) is 4. The Morgan fingerprint density at radius 2 is 1.09 bits per heavy atom. The Bertz CT molecular complexity index is 634. The predicted molar refractivity (Wildman–Crippen MR) is 94.4 cm³/mol. The van der Waals surface area contributed by atoms with Gasteiger partial charge in [0.15, 0.2) is 0 Å². The van der Waals surface area contributed by atoms with Gasteiger partial charge in [-0.25, -0.2) is 0 Å². The van der Waals surface area contributed by atoms with E-state index in [1.807, 2.05) is 38.1 Å². The highest BCUT2D eigenvalue weighted by Gasteiger charge is 1.99. The van der Waals surface area contributed by atoms with E-state index in [0.29, 0.717) is 10.0 Å². The van der Waals surface area contributed by atoms with Crippen molar-refractivity contribution in [1.82, 2.24) is 0 Å².